The fourth-order valence-corrected chi connectivity index (χ4v) is 3.21. The van der Waals surface area contributed by atoms with Gasteiger partial charge in [-0.15, -0.1) is 0 Å². The second-order valence-corrected chi connectivity index (χ2v) is 6.92. The van der Waals surface area contributed by atoms with Gasteiger partial charge in [0.2, 0.25) is 0 Å². The van der Waals surface area contributed by atoms with Crippen LogP contribution in [-0.2, 0) is 13.0 Å². The van der Waals surface area contributed by atoms with E-state index < -0.39 is 0 Å². The van der Waals surface area contributed by atoms with Gasteiger partial charge in [0.1, 0.15) is 18.1 Å². The van der Waals surface area contributed by atoms with E-state index in [1.807, 2.05) is 97.1 Å². The van der Waals surface area contributed by atoms with Gasteiger partial charge >= 0.3 is 5.97 Å². The molecule has 0 aliphatic heterocycles. The van der Waals surface area contributed by atoms with Crippen LogP contribution in [-0.4, -0.2) is 5.97 Å². The molecular formula is C27H22O3. The van der Waals surface area contributed by atoms with Crippen LogP contribution in [0.2, 0.25) is 0 Å². The Morgan fingerprint density at radius 2 is 1.13 bits per heavy atom. The summed E-state index contributed by atoms with van der Waals surface area (Å²) in [6.07, 6.45) is 0.600. The van der Waals surface area contributed by atoms with Crippen LogP contribution in [0.25, 0.3) is 0 Å². The Morgan fingerprint density at radius 3 is 1.83 bits per heavy atom. The van der Waals surface area contributed by atoms with Crippen LogP contribution in [0.5, 0.6) is 11.5 Å². The lowest BCUT2D eigenvalue weighted by atomic mass is 10.0. The number of esters is 1. The summed E-state index contributed by atoms with van der Waals surface area (Å²) >= 11 is 0. The van der Waals surface area contributed by atoms with Gasteiger partial charge in [0.25, 0.3) is 0 Å². The molecule has 0 bridgehead atoms. The molecule has 0 N–H and O–H groups in total. The Hall–Kier alpha value is -3.85. The van der Waals surface area contributed by atoms with Crippen molar-refractivity contribution < 1.29 is 14.3 Å². The Morgan fingerprint density at radius 1 is 0.600 bits per heavy atom. The zero-order valence-electron chi connectivity index (χ0n) is 16.5. The summed E-state index contributed by atoms with van der Waals surface area (Å²) in [4.78, 5) is 12.5. The molecule has 0 fully saturated rings. The van der Waals surface area contributed by atoms with E-state index in [9.17, 15) is 4.79 Å². The first-order valence-electron chi connectivity index (χ1n) is 9.89. The predicted molar refractivity (Wildman–Crippen MR) is 118 cm³/mol. The van der Waals surface area contributed by atoms with Crippen LogP contribution in [0.4, 0.5) is 0 Å². The number of rotatable bonds is 7. The first-order chi connectivity index (χ1) is 14.8. The first kappa shape index (κ1) is 19.5. The molecule has 0 aromatic heterocycles. The van der Waals surface area contributed by atoms with Gasteiger partial charge in [-0.3, -0.25) is 0 Å². The van der Waals surface area contributed by atoms with Crippen molar-refractivity contribution in [2.75, 3.05) is 0 Å². The number of benzene rings is 4. The minimum Gasteiger partial charge on any atom is -0.489 e. The molecule has 0 heterocycles. The number of hydrogen-bond donors (Lipinski definition) is 0. The van der Waals surface area contributed by atoms with E-state index in [1.165, 1.54) is 0 Å². The molecule has 0 saturated heterocycles. The van der Waals surface area contributed by atoms with Crippen molar-refractivity contribution in [2.24, 2.45) is 0 Å². The fourth-order valence-electron chi connectivity index (χ4n) is 3.21. The van der Waals surface area contributed by atoms with E-state index in [-0.39, 0.29) is 5.97 Å². The number of hydrogen-bond acceptors (Lipinski definition) is 3. The van der Waals surface area contributed by atoms with Crippen molar-refractivity contribution in [1.82, 2.24) is 0 Å². The van der Waals surface area contributed by atoms with Crippen molar-refractivity contribution >= 4 is 5.97 Å². The van der Waals surface area contributed by atoms with Crippen LogP contribution < -0.4 is 9.47 Å². The van der Waals surface area contributed by atoms with E-state index in [1.54, 1.807) is 12.1 Å². The molecule has 4 rings (SSSR count). The zero-order valence-corrected chi connectivity index (χ0v) is 16.5. The van der Waals surface area contributed by atoms with Crippen LogP contribution in [0.3, 0.4) is 0 Å². The van der Waals surface area contributed by atoms with Gasteiger partial charge in [-0.05, 0) is 41.0 Å². The summed E-state index contributed by atoms with van der Waals surface area (Å²) in [5.41, 5.74) is 3.61. The second kappa shape index (κ2) is 9.57. The summed E-state index contributed by atoms with van der Waals surface area (Å²) in [7, 11) is 0. The molecule has 0 radical (unpaired) electrons. The van der Waals surface area contributed by atoms with Gasteiger partial charge in [-0.2, -0.15) is 0 Å². The molecule has 30 heavy (non-hydrogen) atoms. The SMILES string of the molecule is O=C(Oc1ccccc1Cc1ccccc1OCc1ccccc1)c1ccccc1. The van der Waals surface area contributed by atoms with Crippen molar-refractivity contribution in [1.29, 1.82) is 0 Å². The summed E-state index contributed by atoms with van der Waals surface area (Å²) in [6.45, 7) is 0.502. The Kier molecular flexibility index (Phi) is 6.21. The van der Waals surface area contributed by atoms with Crippen LogP contribution >= 0.6 is 0 Å². The zero-order chi connectivity index (χ0) is 20.6. The molecule has 0 aliphatic carbocycles. The molecule has 0 spiro atoms. The highest BCUT2D eigenvalue weighted by Gasteiger charge is 2.13. The Bertz CT molecular complexity index is 1110. The number of para-hydroxylation sites is 2. The average Bonchev–Trinajstić information content (AvgIpc) is 2.81. The van der Waals surface area contributed by atoms with Crippen molar-refractivity contribution in [3.8, 4) is 11.5 Å². The topological polar surface area (TPSA) is 35.5 Å². The van der Waals surface area contributed by atoms with E-state index >= 15 is 0 Å². The van der Waals surface area contributed by atoms with Gasteiger partial charge in [0.05, 0.1) is 5.56 Å². The molecule has 0 unspecified atom stereocenters. The summed E-state index contributed by atoms with van der Waals surface area (Å²) in [5, 5.41) is 0. The van der Waals surface area contributed by atoms with Crippen LogP contribution in [0, 0.1) is 0 Å². The molecule has 0 amide bonds. The minimum absolute atomic E-state index is 0.364. The highest BCUT2D eigenvalue weighted by Crippen LogP contribution is 2.27. The van der Waals surface area contributed by atoms with Crippen molar-refractivity contribution in [3.63, 3.8) is 0 Å². The van der Waals surface area contributed by atoms with Gasteiger partial charge in [-0.1, -0.05) is 84.9 Å². The molecule has 3 nitrogen and oxygen atoms in total. The van der Waals surface area contributed by atoms with Gasteiger partial charge in [0.15, 0.2) is 0 Å². The van der Waals surface area contributed by atoms with Gasteiger partial charge < -0.3 is 9.47 Å². The Labute approximate surface area is 176 Å². The fraction of sp³-hybridized carbons (Fsp3) is 0.0741. The van der Waals surface area contributed by atoms with Crippen molar-refractivity contribution in [3.05, 3.63) is 131 Å². The monoisotopic (exact) mass is 394 g/mol. The van der Waals surface area contributed by atoms with E-state index in [2.05, 4.69) is 0 Å². The molecular weight excluding hydrogens is 372 g/mol. The summed E-state index contributed by atoms with van der Waals surface area (Å²) in [5.74, 6) is 1.02. The molecule has 3 heteroatoms. The molecule has 4 aromatic carbocycles. The third-order valence-corrected chi connectivity index (χ3v) is 4.78. The lowest BCUT2D eigenvalue weighted by Crippen LogP contribution is -2.10. The maximum absolute atomic E-state index is 12.5. The minimum atomic E-state index is -0.364. The maximum Gasteiger partial charge on any atom is 0.343 e. The molecule has 0 saturated carbocycles. The summed E-state index contributed by atoms with van der Waals surface area (Å²) in [6, 6.07) is 34.7. The van der Waals surface area contributed by atoms with Gasteiger partial charge in [-0.25, -0.2) is 4.79 Å². The lowest BCUT2D eigenvalue weighted by molar-refractivity contribution is 0.0733. The van der Waals surface area contributed by atoms with Gasteiger partial charge in [0, 0.05) is 6.42 Å². The molecule has 4 aromatic rings. The van der Waals surface area contributed by atoms with E-state index in [0.29, 0.717) is 24.3 Å². The van der Waals surface area contributed by atoms with Crippen LogP contribution in [0.1, 0.15) is 27.0 Å². The van der Waals surface area contributed by atoms with E-state index in [4.69, 9.17) is 9.47 Å². The summed E-state index contributed by atoms with van der Waals surface area (Å²) < 4.78 is 11.8. The normalized spacial score (nSPS) is 10.4. The standard InChI is InChI=1S/C27H22O3/c28-27(22-13-5-2-6-14-22)30-26-18-10-8-16-24(26)19-23-15-7-9-17-25(23)29-20-21-11-3-1-4-12-21/h1-18H,19-20H2. The number of carbonyl (C=O) groups is 1. The van der Waals surface area contributed by atoms with Crippen molar-refractivity contribution in [2.45, 2.75) is 13.0 Å². The largest absolute Gasteiger partial charge is 0.489 e. The molecule has 148 valence electrons. The third-order valence-electron chi connectivity index (χ3n) is 4.78. The average molecular weight is 394 g/mol. The second-order valence-electron chi connectivity index (χ2n) is 6.92. The number of carbonyl (C=O) groups excluding carboxylic acids is 1. The first-order valence-corrected chi connectivity index (χ1v) is 9.89. The highest BCUT2D eigenvalue weighted by molar-refractivity contribution is 5.91. The highest BCUT2D eigenvalue weighted by atomic mass is 16.5. The molecule has 0 aliphatic rings. The quantitative estimate of drug-likeness (QED) is 0.282. The number of ether oxygens (including phenoxy) is 2. The van der Waals surface area contributed by atoms with E-state index in [0.717, 1.165) is 22.4 Å². The predicted octanol–water partition coefficient (Wildman–Crippen LogP) is 6.08. The lowest BCUT2D eigenvalue weighted by Gasteiger charge is -2.14. The smallest absolute Gasteiger partial charge is 0.343 e. The third kappa shape index (κ3) is 4.95. The Balaban J connectivity index is 1.52. The molecule has 0 atom stereocenters. The van der Waals surface area contributed by atoms with Crippen LogP contribution in [0.15, 0.2) is 109 Å². The maximum atomic E-state index is 12.5.